The minimum Gasteiger partial charge on any atom is -0.489 e. The lowest BCUT2D eigenvalue weighted by molar-refractivity contribution is 0.0474. The molecule has 0 aromatic heterocycles. The summed E-state index contributed by atoms with van der Waals surface area (Å²) in [6.07, 6.45) is 3.60. The Labute approximate surface area is 126 Å². The van der Waals surface area contributed by atoms with Gasteiger partial charge in [0.05, 0.1) is 6.10 Å². The van der Waals surface area contributed by atoms with Gasteiger partial charge in [-0.1, -0.05) is 42.5 Å². The maximum Gasteiger partial charge on any atom is 0.125 e. The fourth-order valence-corrected chi connectivity index (χ4v) is 3.02. The van der Waals surface area contributed by atoms with Gasteiger partial charge in [-0.25, -0.2) is 0 Å². The minimum absolute atomic E-state index is 0.186. The SMILES string of the molecule is CCOC1CCCc2cccc(OCc3ccccc3)c21. The molecule has 0 heterocycles. The van der Waals surface area contributed by atoms with Crippen LogP contribution in [-0.2, 0) is 17.8 Å². The molecule has 2 aromatic carbocycles. The van der Waals surface area contributed by atoms with Gasteiger partial charge in [-0.3, -0.25) is 0 Å². The van der Waals surface area contributed by atoms with Gasteiger partial charge in [0.2, 0.25) is 0 Å². The van der Waals surface area contributed by atoms with Crippen LogP contribution in [0.15, 0.2) is 48.5 Å². The highest BCUT2D eigenvalue weighted by atomic mass is 16.5. The molecule has 1 atom stereocenters. The highest BCUT2D eigenvalue weighted by Crippen LogP contribution is 2.38. The number of ether oxygens (including phenoxy) is 2. The lowest BCUT2D eigenvalue weighted by Gasteiger charge is -2.27. The summed E-state index contributed by atoms with van der Waals surface area (Å²) in [4.78, 5) is 0. The van der Waals surface area contributed by atoms with Gasteiger partial charge in [-0.2, -0.15) is 0 Å². The monoisotopic (exact) mass is 282 g/mol. The number of hydrogen-bond donors (Lipinski definition) is 0. The highest BCUT2D eigenvalue weighted by Gasteiger charge is 2.24. The second kappa shape index (κ2) is 6.77. The molecule has 0 N–H and O–H groups in total. The molecular weight excluding hydrogens is 260 g/mol. The number of fused-ring (bicyclic) bond motifs is 1. The van der Waals surface area contributed by atoms with Crippen LogP contribution < -0.4 is 4.74 Å². The zero-order valence-corrected chi connectivity index (χ0v) is 12.5. The molecule has 2 nitrogen and oxygen atoms in total. The van der Waals surface area contributed by atoms with Crippen LogP contribution in [-0.4, -0.2) is 6.61 Å². The third-order valence-electron chi connectivity index (χ3n) is 4.00. The van der Waals surface area contributed by atoms with Crippen molar-refractivity contribution < 1.29 is 9.47 Å². The average molecular weight is 282 g/mol. The van der Waals surface area contributed by atoms with Crippen LogP contribution in [0.1, 0.15) is 42.6 Å². The Bertz CT molecular complexity index is 577. The van der Waals surface area contributed by atoms with Gasteiger partial charge in [-0.15, -0.1) is 0 Å². The van der Waals surface area contributed by atoms with E-state index in [9.17, 15) is 0 Å². The molecule has 0 amide bonds. The van der Waals surface area contributed by atoms with Crippen molar-refractivity contribution in [3.63, 3.8) is 0 Å². The molecule has 2 aromatic rings. The van der Waals surface area contributed by atoms with Crippen molar-refractivity contribution in [2.24, 2.45) is 0 Å². The smallest absolute Gasteiger partial charge is 0.125 e. The first-order valence-electron chi connectivity index (χ1n) is 7.78. The van der Waals surface area contributed by atoms with Gasteiger partial charge in [-0.05, 0) is 43.4 Å². The maximum absolute atomic E-state index is 6.09. The molecule has 0 bridgehead atoms. The van der Waals surface area contributed by atoms with Crippen LogP contribution in [0.3, 0.4) is 0 Å². The van der Waals surface area contributed by atoms with Crippen molar-refractivity contribution in [3.05, 3.63) is 65.2 Å². The molecule has 110 valence electrons. The van der Waals surface area contributed by atoms with Crippen LogP contribution >= 0.6 is 0 Å². The molecule has 2 heteroatoms. The Morgan fingerprint density at radius 1 is 1.05 bits per heavy atom. The van der Waals surface area contributed by atoms with Crippen molar-refractivity contribution in [3.8, 4) is 5.75 Å². The van der Waals surface area contributed by atoms with E-state index in [1.54, 1.807) is 0 Å². The van der Waals surface area contributed by atoms with Crippen molar-refractivity contribution >= 4 is 0 Å². The first-order valence-corrected chi connectivity index (χ1v) is 7.78. The normalized spacial score (nSPS) is 17.3. The Hall–Kier alpha value is -1.80. The van der Waals surface area contributed by atoms with Gasteiger partial charge >= 0.3 is 0 Å². The Kier molecular flexibility index (Phi) is 4.56. The number of hydrogen-bond acceptors (Lipinski definition) is 2. The van der Waals surface area contributed by atoms with E-state index >= 15 is 0 Å². The predicted octanol–water partition coefficient (Wildman–Crippen LogP) is 4.68. The molecule has 3 rings (SSSR count). The summed E-state index contributed by atoms with van der Waals surface area (Å²) < 4.78 is 12.0. The maximum atomic E-state index is 6.09. The molecule has 21 heavy (non-hydrogen) atoms. The third kappa shape index (κ3) is 3.27. The molecule has 0 saturated heterocycles. The minimum atomic E-state index is 0.186. The summed E-state index contributed by atoms with van der Waals surface area (Å²) in [6.45, 7) is 3.41. The first kappa shape index (κ1) is 14.2. The number of rotatable bonds is 5. The van der Waals surface area contributed by atoms with Gasteiger partial charge in [0.1, 0.15) is 12.4 Å². The summed E-state index contributed by atoms with van der Waals surface area (Å²) in [5.74, 6) is 0.981. The Morgan fingerprint density at radius 3 is 2.71 bits per heavy atom. The predicted molar refractivity (Wildman–Crippen MR) is 84.5 cm³/mol. The van der Waals surface area contributed by atoms with Crippen LogP contribution in [0, 0.1) is 0 Å². The van der Waals surface area contributed by atoms with Crippen molar-refractivity contribution in [1.29, 1.82) is 0 Å². The Morgan fingerprint density at radius 2 is 1.90 bits per heavy atom. The van der Waals surface area contributed by atoms with Crippen LogP contribution in [0.4, 0.5) is 0 Å². The molecule has 0 radical (unpaired) electrons. The standard InChI is InChI=1S/C19H22O2/c1-2-20-17-12-6-10-16-11-7-13-18(19(16)17)21-14-15-8-4-3-5-9-15/h3-5,7-9,11,13,17H,2,6,10,12,14H2,1H3. The van der Waals surface area contributed by atoms with E-state index in [0.29, 0.717) is 6.61 Å². The van der Waals surface area contributed by atoms with Crippen LogP contribution in [0.25, 0.3) is 0 Å². The van der Waals surface area contributed by atoms with Crippen molar-refractivity contribution in [1.82, 2.24) is 0 Å². The highest BCUT2D eigenvalue weighted by molar-refractivity contribution is 5.43. The molecule has 1 aliphatic carbocycles. The van der Waals surface area contributed by atoms with Crippen LogP contribution in [0.2, 0.25) is 0 Å². The lowest BCUT2D eigenvalue weighted by Crippen LogP contribution is -2.14. The lowest BCUT2D eigenvalue weighted by atomic mass is 9.88. The summed E-state index contributed by atoms with van der Waals surface area (Å²) in [5.41, 5.74) is 3.84. The molecular formula is C19H22O2. The van der Waals surface area contributed by atoms with Gasteiger partial charge in [0.15, 0.2) is 0 Å². The topological polar surface area (TPSA) is 18.5 Å². The third-order valence-corrected chi connectivity index (χ3v) is 4.00. The molecule has 0 spiro atoms. The summed E-state index contributed by atoms with van der Waals surface area (Å²) in [5, 5.41) is 0. The number of aryl methyl sites for hydroxylation is 1. The van der Waals surface area contributed by atoms with Gasteiger partial charge < -0.3 is 9.47 Å². The average Bonchev–Trinajstić information content (AvgIpc) is 2.54. The van der Waals surface area contributed by atoms with E-state index in [1.165, 1.54) is 23.1 Å². The quantitative estimate of drug-likeness (QED) is 0.792. The fourth-order valence-electron chi connectivity index (χ4n) is 3.02. The zero-order chi connectivity index (χ0) is 14.5. The van der Waals surface area contributed by atoms with E-state index in [-0.39, 0.29) is 6.10 Å². The summed E-state index contributed by atoms with van der Waals surface area (Å²) >= 11 is 0. The van der Waals surface area contributed by atoms with Gasteiger partial charge in [0.25, 0.3) is 0 Å². The molecule has 1 unspecified atom stereocenters. The largest absolute Gasteiger partial charge is 0.489 e. The second-order valence-corrected chi connectivity index (χ2v) is 5.44. The molecule has 0 aliphatic heterocycles. The van der Waals surface area contributed by atoms with E-state index in [0.717, 1.165) is 25.2 Å². The second-order valence-electron chi connectivity index (χ2n) is 5.44. The number of benzene rings is 2. The van der Waals surface area contributed by atoms with Crippen molar-refractivity contribution in [2.75, 3.05) is 6.61 Å². The molecule has 1 aliphatic rings. The van der Waals surface area contributed by atoms with E-state index in [4.69, 9.17) is 9.47 Å². The summed E-state index contributed by atoms with van der Waals surface area (Å²) in [7, 11) is 0. The van der Waals surface area contributed by atoms with E-state index in [1.807, 2.05) is 18.2 Å². The first-order chi connectivity index (χ1) is 10.4. The molecule has 0 fully saturated rings. The van der Waals surface area contributed by atoms with Crippen LogP contribution in [0.5, 0.6) is 5.75 Å². The fraction of sp³-hybridized carbons (Fsp3) is 0.368. The van der Waals surface area contributed by atoms with Crippen molar-refractivity contribution in [2.45, 2.75) is 38.9 Å². The molecule has 0 saturated carbocycles. The zero-order valence-electron chi connectivity index (χ0n) is 12.5. The van der Waals surface area contributed by atoms with E-state index < -0.39 is 0 Å². The van der Waals surface area contributed by atoms with E-state index in [2.05, 4.69) is 37.3 Å². The van der Waals surface area contributed by atoms with Gasteiger partial charge in [0, 0.05) is 12.2 Å². The Balaban J connectivity index is 1.82. The summed E-state index contributed by atoms with van der Waals surface area (Å²) in [6, 6.07) is 16.7.